The van der Waals surface area contributed by atoms with Gasteiger partial charge in [0, 0.05) is 18.9 Å². The highest BCUT2D eigenvalue weighted by Gasteiger charge is 2.10. The number of amides is 1. The monoisotopic (exact) mass is 258 g/mol. The lowest BCUT2D eigenvalue weighted by Crippen LogP contribution is -2.15. The summed E-state index contributed by atoms with van der Waals surface area (Å²) < 4.78 is 1.71. The van der Waals surface area contributed by atoms with Crippen molar-refractivity contribution in [3.63, 3.8) is 0 Å². The molecule has 0 fully saturated rings. The van der Waals surface area contributed by atoms with Crippen LogP contribution in [0.2, 0.25) is 0 Å². The van der Waals surface area contributed by atoms with Gasteiger partial charge in [-0.25, -0.2) is 0 Å². The first-order chi connectivity index (χ1) is 9.08. The summed E-state index contributed by atoms with van der Waals surface area (Å²) in [7, 11) is 1.84. The normalized spacial score (nSPS) is 10.4. The Balaban J connectivity index is 2.03. The van der Waals surface area contributed by atoms with Gasteiger partial charge in [-0.2, -0.15) is 5.10 Å². The van der Waals surface area contributed by atoms with Crippen molar-refractivity contribution in [1.29, 1.82) is 0 Å². The number of aryl methyl sites for hydroxylation is 2. The molecule has 1 heterocycles. The van der Waals surface area contributed by atoms with Gasteiger partial charge in [0.15, 0.2) is 0 Å². The number of aromatic nitrogens is 2. The van der Waals surface area contributed by atoms with E-state index in [0.717, 1.165) is 23.4 Å². The van der Waals surface area contributed by atoms with Crippen LogP contribution in [0.4, 0.5) is 11.4 Å². The average Bonchev–Trinajstić information content (AvgIpc) is 2.72. The molecule has 0 atom stereocenters. The van der Waals surface area contributed by atoms with Gasteiger partial charge in [-0.05, 0) is 24.1 Å². The van der Waals surface area contributed by atoms with Crippen molar-refractivity contribution in [3.8, 4) is 0 Å². The topological polar surface area (TPSA) is 72.9 Å². The molecule has 1 aromatic heterocycles. The second kappa shape index (κ2) is 5.56. The molecule has 0 radical (unpaired) electrons. The Morgan fingerprint density at radius 2 is 2.05 bits per heavy atom. The number of nitrogens with two attached hydrogens (primary N) is 1. The lowest BCUT2D eigenvalue weighted by Gasteiger charge is -2.04. The van der Waals surface area contributed by atoms with Crippen molar-refractivity contribution >= 4 is 17.3 Å². The number of nitrogen functional groups attached to an aromatic ring is 1. The molecule has 100 valence electrons. The van der Waals surface area contributed by atoms with Gasteiger partial charge in [0.05, 0.1) is 17.8 Å². The standard InChI is InChI=1S/C14H18N4O/c1-3-12-13(9-18(2)17-12)16-14(19)8-10-4-6-11(15)7-5-10/h4-7,9H,3,8,15H2,1-2H3,(H,16,19). The molecule has 2 aromatic rings. The van der Waals surface area contributed by atoms with Gasteiger partial charge in [0.25, 0.3) is 0 Å². The Bertz CT molecular complexity index is 572. The van der Waals surface area contributed by atoms with E-state index < -0.39 is 0 Å². The van der Waals surface area contributed by atoms with Crippen molar-refractivity contribution in [2.75, 3.05) is 11.1 Å². The van der Waals surface area contributed by atoms with Crippen LogP contribution in [0.5, 0.6) is 0 Å². The summed E-state index contributed by atoms with van der Waals surface area (Å²) >= 11 is 0. The van der Waals surface area contributed by atoms with Crippen LogP contribution in [0.15, 0.2) is 30.5 Å². The predicted octanol–water partition coefficient (Wildman–Crippen LogP) is 1.75. The van der Waals surface area contributed by atoms with Gasteiger partial charge in [-0.3, -0.25) is 9.48 Å². The maximum absolute atomic E-state index is 12.0. The summed E-state index contributed by atoms with van der Waals surface area (Å²) in [6.07, 6.45) is 2.94. The van der Waals surface area contributed by atoms with Gasteiger partial charge >= 0.3 is 0 Å². The molecule has 0 aliphatic heterocycles. The molecular weight excluding hydrogens is 240 g/mol. The van der Waals surface area contributed by atoms with E-state index in [2.05, 4.69) is 10.4 Å². The number of nitrogens with zero attached hydrogens (tertiary/aromatic N) is 2. The minimum atomic E-state index is -0.0486. The van der Waals surface area contributed by atoms with Crippen molar-refractivity contribution in [1.82, 2.24) is 9.78 Å². The molecule has 0 bridgehead atoms. The van der Waals surface area contributed by atoms with E-state index >= 15 is 0 Å². The van der Waals surface area contributed by atoms with Crippen molar-refractivity contribution < 1.29 is 4.79 Å². The fraction of sp³-hybridized carbons (Fsp3) is 0.286. The SMILES string of the molecule is CCc1nn(C)cc1NC(=O)Cc1ccc(N)cc1. The van der Waals surface area contributed by atoms with Gasteiger partial charge in [0.2, 0.25) is 5.91 Å². The lowest BCUT2D eigenvalue weighted by atomic mass is 10.1. The number of nitrogens with one attached hydrogen (secondary N) is 1. The third-order valence-corrected chi connectivity index (χ3v) is 2.86. The number of hydrogen-bond donors (Lipinski definition) is 2. The minimum Gasteiger partial charge on any atom is -0.399 e. The van der Waals surface area contributed by atoms with E-state index in [0.29, 0.717) is 12.1 Å². The van der Waals surface area contributed by atoms with Gasteiger partial charge in [-0.1, -0.05) is 19.1 Å². The van der Waals surface area contributed by atoms with Crippen LogP contribution in [0.1, 0.15) is 18.2 Å². The van der Waals surface area contributed by atoms with Gasteiger partial charge < -0.3 is 11.1 Å². The molecule has 0 aliphatic rings. The summed E-state index contributed by atoms with van der Waals surface area (Å²) in [4.78, 5) is 12.0. The molecule has 0 spiro atoms. The molecule has 19 heavy (non-hydrogen) atoms. The van der Waals surface area contributed by atoms with E-state index in [4.69, 9.17) is 5.73 Å². The van der Waals surface area contributed by atoms with Gasteiger partial charge in [-0.15, -0.1) is 0 Å². The zero-order chi connectivity index (χ0) is 13.8. The van der Waals surface area contributed by atoms with Gasteiger partial charge in [0.1, 0.15) is 0 Å². The summed E-state index contributed by atoms with van der Waals surface area (Å²) in [5, 5.41) is 7.18. The zero-order valence-electron chi connectivity index (χ0n) is 11.2. The molecule has 5 nitrogen and oxygen atoms in total. The fourth-order valence-electron chi connectivity index (χ4n) is 1.92. The quantitative estimate of drug-likeness (QED) is 0.820. The fourth-order valence-corrected chi connectivity index (χ4v) is 1.92. The first-order valence-electron chi connectivity index (χ1n) is 6.25. The molecule has 1 amide bonds. The summed E-state index contributed by atoms with van der Waals surface area (Å²) in [6, 6.07) is 7.31. The van der Waals surface area contributed by atoms with Crippen molar-refractivity contribution in [2.24, 2.45) is 7.05 Å². The maximum atomic E-state index is 12.0. The largest absolute Gasteiger partial charge is 0.399 e. The van der Waals surface area contributed by atoms with Crippen molar-refractivity contribution in [2.45, 2.75) is 19.8 Å². The second-order valence-corrected chi connectivity index (χ2v) is 4.48. The number of rotatable bonds is 4. The van der Waals surface area contributed by atoms with Crippen LogP contribution in [-0.2, 0) is 24.7 Å². The highest BCUT2D eigenvalue weighted by Crippen LogP contribution is 2.14. The van der Waals surface area contributed by atoms with E-state index in [1.165, 1.54) is 0 Å². The van der Waals surface area contributed by atoms with Crippen LogP contribution in [0.25, 0.3) is 0 Å². The Morgan fingerprint density at radius 1 is 1.37 bits per heavy atom. The van der Waals surface area contributed by atoms with Crippen LogP contribution < -0.4 is 11.1 Å². The highest BCUT2D eigenvalue weighted by molar-refractivity contribution is 5.92. The first-order valence-corrected chi connectivity index (χ1v) is 6.25. The molecule has 0 saturated heterocycles. The predicted molar refractivity (Wildman–Crippen MR) is 75.8 cm³/mol. The number of benzene rings is 1. The third kappa shape index (κ3) is 3.34. The molecule has 5 heteroatoms. The van der Waals surface area contributed by atoms with E-state index in [1.54, 1.807) is 16.8 Å². The molecule has 0 unspecified atom stereocenters. The Hall–Kier alpha value is -2.30. The molecule has 3 N–H and O–H groups in total. The van der Waals surface area contributed by atoms with E-state index in [9.17, 15) is 4.79 Å². The van der Waals surface area contributed by atoms with Crippen LogP contribution >= 0.6 is 0 Å². The highest BCUT2D eigenvalue weighted by atomic mass is 16.1. The van der Waals surface area contributed by atoms with E-state index in [1.807, 2.05) is 32.3 Å². The Kier molecular flexibility index (Phi) is 3.85. The second-order valence-electron chi connectivity index (χ2n) is 4.48. The molecule has 0 aliphatic carbocycles. The molecular formula is C14H18N4O. The maximum Gasteiger partial charge on any atom is 0.228 e. The molecule has 1 aromatic carbocycles. The lowest BCUT2D eigenvalue weighted by molar-refractivity contribution is -0.115. The number of hydrogen-bond acceptors (Lipinski definition) is 3. The van der Waals surface area contributed by atoms with Crippen LogP contribution in [0, 0.1) is 0 Å². The smallest absolute Gasteiger partial charge is 0.228 e. The number of carbonyl (C=O) groups is 1. The van der Waals surface area contributed by atoms with Crippen LogP contribution in [-0.4, -0.2) is 15.7 Å². The zero-order valence-corrected chi connectivity index (χ0v) is 11.2. The minimum absolute atomic E-state index is 0.0486. The third-order valence-electron chi connectivity index (χ3n) is 2.86. The van der Waals surface area contributed by atoms with Crippen molar-refractivity contribution in [3.05, 3.63) is 41.7 Å². The first kappa shape index (κ1) is 13.1. The van der Waals surface area contributed by atoms with E-state index in [-0.39, 0.29) is 5.91 Å². The van der Waals surface area contributed by atoms with Crippen LogP contribution in [0.3, 0.4) is 0 Å². The Morgan fingerprint density at radius 3 is 2.68 bits per heavy atom. The summed E-state index contributed by atoms with van der Waals surface area (Å²) in [5.74, 6) is -0.0486. The molecule has 0 saturated carbocycles. The average molecular weight is 258 g/mol. The summed E-state index contributed by atoms with van der Waals surface area (Å²) in [6.45, 7) is 2.01. The Labute approximate surface area is 112 Å². The number of anilines is 2. The molecule has 2 rings (SSSR count). The summed E-state index contributed by atoms with van der Waals surface area (Å²) in [5.41, 5.74) is 8.93. The number of carbonyl (C=O) groups excluding carboxylic acids is 1.